The molecule has 2 aromatic rings. The first-order valence-corrected chi connectivity index (χ1v) is 6.62. The van der Waals surface area contributed by atoms with Crippen molar-refractivity contribution >= 4 is 23.4 Å². The number of rotatable bonds is 3. The SMILES string of the molecule is N#Cc1ccc(CSc2ccc(F)cc2)c(Cl)c1. The Morgan fingerprint density at radius 1 is 1.17 bits per heavy atom. The zero-order chi connectivity index (χ0) is 13.0. The van der Waals surface area contributed by atoms with Crippen LogP contribution < -0.4 is 0 Å². The molecule has 0 unspecified atom stereocenters. The Bertz CT molecular complexity index is 590. The Labute approximate surface area is 114 Å². The van der Waals surface area contributed by atoms with Gasteiger partial charge in [-0.1, -0.05) is 17.7 Å². The highest BCUT2D eigenvalue weighted by atomic mass is 35.5. The molecule has 1 nitrogen and oxygen atoms in total. The maximum absolute atomic E-state index is 12.7. The smallest absolute Gasteiger partial charge is 0.123 e. The summed E-state index contributed by atoms with van der Waals surface area (Å²) in [4.78, 5) is 0.983. The van der Waals surface area contributed by atoms with Crippen LogP contribution in [-0.2, 0) is 5.75 Å². The van der Waals surface area contributed by atoms with Crippen LogP contribution in [0.1, 0.15) is 11.1 Å². The van der Waals surface area contributed by atoms with Crippen molar-refractivity contribution in [2.45, 2.75) is 10.6 Å². The Hall–Kier alpha value is -1.50. The van der Waals surface area contributed by atoms with Crippen molar-refractivity contribution in [3.8, 4) is 6.07 Å². The molecule has 0 aromatic heterocycles. The largest absolute Gasteiger partial charge is 0.207 e. The number of nitrogens with zero attached hydrogens (tertiary/aromatic N) is 1. The van der Waals surface area contributed by atoms with Gasteiger partial charge in [0.1, 0.15) is 5.82 Å². The van der Waals surface area contributed by atoms with Crippen molar-refractivity contribution in [1.29, 1.82) is 5.26 Å². The number of benzene rings is 2. The Balaban J connectivity index is 2.06. The highest BCUT2D eigenvalue weighted by Gasteiger charge is 2.03. The Morgan fingerprint density at radius 2 is 1.89 bits per heavy atom. The second-order valence-corrected chi connectivity index (χ2v) is 5.12. The lowest BCUT2D eigenvalue weighted by atomic mass is 10.2. The molecule has 0 saturated heterocycles. The number of hydrogen-bond acceptors (Lipinski definition) is 2. The molecule has 0 amide bonds. The van der Waals surface area contributed by atoms with Crippen LogP contribution in [0, 0.1) is 17.1 Å². The molecule has 90 valence electrons. The van der Waals surface area contributed by atoms with Crippen LogP contribution in [0.2, 0.25) is 5.02 Å². The van der Waals surface area contributed by atoms with Gasteiger partial charge in [-0.05, 0) is 42.0 Å². The van der Waals surface area contributed by atoms with Gasteiger partial charge >= 0.3 is 0 Å². The second kappa shape index (κ2) is 5.90. The van der Waals surface area contributed by atoms with E-state index >= 15 is 0 Å². The monoisotopic (exact) mass is 277 g/mol. The normalized spacial score (nSPS) is 10.1. The van der Waals surface area contributed by atoms with Gasteiger partial charge in [-0.15, -0.1) is 11.8 Å². The molecule has 0 bridgehead atoms. The zero-order valence-electron chi connectivity index (χ0n) is 9.36. The van der Waals surface area contributed by atoms with Gasteiger partial charge < -0.3 is 0 Å². The van der Waals surface area contributed by atoms with Crippen LogP contribution in [0.3, 0.4) is 0 Å². The summed E-state index contributed by atoms with van der Waals surface area (Å²) in [6.07, 6.45) is 0. The Kier molecular flexibility index (Phi) is 4.24. The van der Waals surface area contributed by atoms with Crippen LogP contribution in [-0.4, -0.2) is 0 Å². The van der Waals surface area contributed by atoms with E-state index in [0.717, 1.165) is 10.5 Å². The fourth-order valence-electron chi connectivity index (χ4n) is 1.43. The quantitative estimate of drug-likeness (QED) is 0.763. The number of thioether (sulfide) groups is 1. The average molecular weight is 278 g/mol. The summed E-state index contributed by atoms with van der Waals surface area (Å²) in [5, 5.41) is 9.32. The van der Waals surface area contributed by atoms with Gasteiger partial charge in [-0.25, -0.2) is 4.39 Å². The van der Waals surface area contributed by atoms with Crippen molar-refractivity contribution in [2.24, 2.45) is 0 Å². The van der Waals surface area contributed by atoms with Crippen LogP contribution in [0.25, 0.3) is 0 Å². The lowest BCUT2D eigenvalue weighted by Gasteiger charge is -2.04. The third kappa shape index (κ3) is 3.25. The molecular weight excluding hydrogens is 269 g/mol. The van der Waals surface area contributed by atoms with Gasteiger partial charge in [0.05, 0.1) is 11.6 Å². The molecule has 4 heteroatoms. The van der Waals surface area contributed by atoms with E-state index in [1.165, 1.54) is 12.1 Å². The van der Waals surface area contributed by atoms with E-state index in [-0.39, 0.29) is 5.82 Å². The molecule has 0 aliphatic carbocycles. The molecule has 0 aliphatic heterocycles. The first-order valence-electron chi connectivity index (χ1n) is 5.26. The summed E-state index contributed by atoms with van der Waals surface area (Å²) < 4.78 is 12.7. The van der Waals surface area contributed by atoms with Crippen molar-refractivity contribution in [1.82, 2.24) is 0 Å². The minimum absolute atomic E-state index is 0.240. The average Bonchev–Trinajstić information content (AvgIpc) is 2.39. The molecule has 2 rings (SSSR count). The maximum atomic E-state index is 12.7. The lowest BCUT2D eigenvalue weighted by molar-refractivity contribution is 0.626. The molecule has 0 atom stereocenters. The third-order valence-corrected chi connectivity index (χ3v) is 3.80. The van der Waals surface area contributed by atoms with Gasteiger partial charge in [0, 0.05) is 15.7 Å². The maximum Gasteiger partial charge on any atom is 0.123 e. The molecule has 0 saturated carbocycles. The second-order valence-electron chi connectivity index (χ2n) is 3.66. The standard InChI is InChI=1S/C14H9ClFNS/c15-14-7-10(8-17)1-2-11(14)9-18-13-5-3-12(16)4-6-13/h1-7H,9H2. The predicted molar refractivity (Wildman–Crippen MR) is 72.1 cm³/mol. The minimum atomic E-state index is -0.240. The molecule has 2 aromatic carbocycles. The van der Waals surface area contributed by atoms with Crippen LogP contribution >= 0.6 is 23.4 Å². The van der Waals surface area contributed by atoms with E-state index < -0.39 is 0 Å². The van der Waals surface area contributed by atoms with E-state index in [9.17, 15) is 4.39 Å². The van der Waals surface area contributed by atoms with Crippen LogP contribution in [0.4, 0.5) is 4.39 Å². The van der Waals surface area contributed by atoms with Gasteiger partial charge in [0.25, 0.3) is 0 Å². The summed E-state index contributed by atoms with van der Waals surface area (Å²) in [5.74, 6) is 0.451. The highest BCUT2D eigenvalue weighted by Crippen LogP contribution is 2.27. The van der Waals surface area contributed by atoms with Crippen LogP contribution in [0.15, 0.2) is 47.4 Å². The Morgan fingerprint density at radius 3 is 2.50 bits per heavy atom. The minimum Gasteiger partial charge on any atom is -0.207 e. The van der Waals surface area contributed by atoms with Gasteiger partial charge in [0.2, 0.25) is 0 Å². The number of nitriles is 1. The van der Waals surface area contributed by atoms with Gasteiger partial charge in [-0.2, -0.15) is 5.26 Å². The lowest BCUT2D eigenvalue weighted by Crippen LogP contribution is -1.85. The van der Waals surface area contributed by atoms with Crippen LogP contribution in [0.5, 0.6) is 0 Å². The molecule has 0 radical (unpaired) electrons. The van der Waals surface area contributed by atoms with E-state index in [1.54, 1.807) is 36.0 Å². The first-order chi connectivity index (χ1) is 8.69. The first kappa shape index (κ1) is 12.9. The van der Waals surface area contributed by atoms with E-state index in [4.69, 9.17) is 16.9 Å². The molecule has 0 spiro atoms. The van der Waals surface area contributed by atoms with E-state index in [2.05, 4.69) is 0 Å². The number of halogens is 2. The molecule has 0 fully saturated rings. The molecule has 18 heavy (non-hydrogen) atoms. The predicted octanol–water partition coefficient (Wildman–Crippen LogP) is 4.64. The van der Waals surface area contributed by atoms with Crippen molar-refractivity contribution in [2.75, 3.05) is 0 Å². The molecule has 0 N–H and O–H groups in total. The summed E-state index contributed by atoms with van der Waals surface area (Å²) in [6, 6.07) is 13.6. The van der Waals surface area contributed by atoms with Crippen molar-refractivity contribution in [3.05, 3.63) is 64.4 Å². The summed E-state index contributed by atoms with van der Waals surface area (Å²) in [6.45, 7) is 0. The fraction of sp³-hybridized carbons (Fsp3) is 0.0714. The molecule has 0 heterocycles. The topological polar surface area (TPSA) is 23.8 Å². The fourth-order valence-corrected chi connectivity index (χ4v) is 2.65. The van der Waals surface area contributed by atoms with Gasteiger partial charge in [-0.3, -0.25) is 0 Å². The summed E-state index contributed by atoms with van der Waals surface area (Å²) in [5.41, 5.74) is 1.51. The van der Waals surface area contributed by atoms with E-state index in [0.29, 0.717) is 16.3 Å². The van der Waals surface area contributed by atoms with Crippen molar-refractivity contribution < 1.29 is 4.39 Å². The molecular formula is C14H9ClFNS. The highest BCUT2D eigenvalue weighted by molar-refractivity contribution is 7.98. The third-order valence-electron chi connectivity index (χ3n) is 2.39. The zero-order valence-corrected chi connectivity index (χ0v) is 10.9. The summed E-state index contributed by atoms with van der Waals surface area (Å²) >= 11 is 7.65. The van der Waals surface area contributed by atoms with E-state index in [1.807, 2.05) is 12.1 Å². The van der Waals surface area contributed by atoms with Crippen molar-refractivity contribution in [3.63, 3.8) is 0 Å². The molecule has 0 aliphatic rings. The summed E-state index contributed by atoms with van der Waals surface area (Å²) in [7, 11) is 0. The number of hydrogen-bond donors (Lipinski definition) is 0. The van der Waals surface area contributed by atoms with Gasteiger partial charge in [0.15, 0.2) is 0 Å².